The van der Waals surface area contributed by atoms with Gasteiger partial charge < -0.3 is 0 Å². The number of rotatable bonds is 8. The van der Waals surface area contributed by atoms with E-state index in [1.807, 2.05) is 12.4 Å². The summed E-state index contributed by atoms with van der Waals surface area (Å²) in [6.07, 6.45) is 11.4. The minimum atomic E-state index is 0.249. The van der Waals surface area contributed by atoms with Gasteiger partial charge >= 0.3 is 0 Å². The maximum atomic E-state index is 6.46. The summed E-state index contributed by atoms with van der Waals surface area (Å²) in [7, 11) is 0. The van der Waals surface area contributed by atoms with Crippen LogP contribution in [0.4, 0.5) is 0 Å². The summed E-state index contributed by atoms with van der Waals surface area (Å²) in [5.41, 5.74) is 1.30. The van der Waals surface area contributed by atoms with E-state index < -0.39 is 0 Å². The van der Waals surface area contributed by atoms with Gasteiger partial charge in [0.15, 0.2) is 0 Å². The van der Waals surface area contributed by atoms with Crippen LogP contribution in [0.25, 0.3) is 0 Å². The lowest BCUT2D eigenvalue weighted by Gasteiger charge is -2.18. The van der Waals surface area contributed by atoms with Crippen LogP contribution in [0, 0.1) is 0 Å². The first kappa shape index (κ1) is 14.5. The van der Waals surface area contributed by atoms with Crippen molar-refractivity contribution in [1.29, 1.82) is 0 Å². The normalized spacial score (nSPS) is 14.5. The number of unbranched alkanes of at least 4 members (excludes halogenated alkanes) is 4. The predicted molar refractivity (Wildman–Crippen MR) is 75.7 cm³/mol. The molecule has 0 aliphatic carbocycles. The van der Waals surface area contributed by atoms with E-state index in [0.717, 1.165) is 6.42 Å². The van der Waals surface area contributed by atoms with Crippen LogP contribution in [0.5, 0.6) is 0 Å². The zero-order valence-corrected chi connectivity index (χ0v) is 11.8. The molecule has 0 bridgehead atoms. The first-order valence-corrected chi connectivity index (χ1v) is 7.23. The van der Waals surface area contributed by atoms with E-state index in [4.69, 9.17) is 11.6 Å². The van der Waals surface area contributed by atoms with E-state index in [1.165, 1.54) is 37.7 Å². The molecule has 0 amide bonds. The van der Waals surface area contributed by atoms with Gasteiger partial charge in [-0.2, -0.15) is 0 Å². The molecule has 2 unspecified atom stereocenters. The number of nitrogens with zero attached hydrogens (tertiary/aromatic N) is 1. The quantitative estimate of drug-likeness (QED) is 0.461. The van der Waals surface area contributed by atoms with E-state index >= 15 is 0 Å². The molecule has 0 spiro atoms. The van der Waals surface area contributed by atoms with Gasteiger partial charge in [0.05, 0.1) is 0 Å². The summed E-state index contributed by atoms with van der Waals surface area (Å²) in [5, 5.41) is 0.249. The molecular formula is C15H24ClN. The van der Waals surface area contributed by atoms with Crippen LogP contribution in [-0.4, -0.2) is 10.4 Å². The van der Waals surface area contributed by atoms with Crippen LogP contribution in [0.2, 0.25) is 0 Å². The van der Waals surface area contributed by atoms with E-state index in [-0.39, 0.29) is 5.38 Å². The van der Waals surface area contributed by atoms with Gasteiger partial charge in [0.25, 0.3) is 0 Å². The van der Waals surface area contributed by atoms with E-state index in [2.05, 4.69) is 31.0 Å². The second kappa shape index (κ2) is 8.52. The highest BCUT2D eigenvalue weighted by atomic mass is 35.5. The van der Waals surface area contributed by atoms with E-state index in [1.54, 1.807) is 0 Å². The highest BCUT2D eigenvalue weighted by Gasteiger charge is 2.15. The van der Waals surface area contributed by atoms with Crippen molar-refractivity contribution < 1.29 is 0 Å². The second-order valence-corrected chi connectivity index (χ2v) is 5.35. The van der Waals surface area contributed by atoms with Crippen molar-refractivity contribution in [1.82, 2.24) is 4.98 Å². The number of aromatic nitrogens is 1. The van der Waals surface area contributed by atoms with Crippen LogP contribution < -0.4 is 0 Å². The van der Waals surface area contributed by atoms with Crippen LogP contribution in [0.3, 0.4) is 0 Å². The van der Waals surface area contributed by atoms with E-state index in [0.29, 0.717) is 5.92 Å². The third-order valence-electron chi connectivity index (χ3n) is 3.36. The zero-order chi connectivity index (χ0) is 12.5. The highest BCUT2D eigenvalue weighted by molar-refractivity contribution is 6.21. The molecule has 2 atom stereocenters. The molecule has 0 aliphatic rings. The second-order valence-electron chi connectivity index (χ2n) is 4.79. The van der Waals surface area contributed by atoms with Crippen molar-refractivity contribution in [3.05, 3.63) is 30.1 Å². The lowest BCUT2D eigenvalue weighted by Crippen LogP contribution is -2.09. The van der Waals surface area contributed by atoms with Gasteiger partial charge in [-0.05, 0) is 30.0 Å². The lowest BCUT2D eigenvalue weighted by atomic mass is 9.95. The minimum absolute atomic E-state index is 0.249. The number of halogens is 1. The molecule has 0 saturated carbocycles. The highest BCUT2D eigenvalue weighted by Crippen LogP contribution is 2.26. The molecule has 2 heteroatoms. The van der Waals surface area contributed by atoms with Gasteiger partial charge in [-0.25, -0.2) is 0 Å². The van der Waals surface area contributed by atoms with Gasteiger partial charge in [0.2, 0.25) is 0 Å². The Hall–Kier alpha value is -0.560. The lowest BCUT2D eigenvalue weighted by molar-refractivity contribution is 0.562. The van der Waals surface area contributed by atoms with Crippen LogP contribution in [0.15, 0.2) is 24.5 Å². The smallest absolute Gasteiger partial charge is 0.0402 e. The Morgan fingerprint density at radius 3 is 2.41 bits per heavy atom. The SMILES string of the molecule is CCCCCCCC(Cl)C(C)c1ccncc1. The summed E-state index contributed by atoms with van der Waals surface area (Å²) in [6.45, 7) is 4.45. The van der Waals surface area contributed by atoms with Crippen LogP contribution >= 0.6 is 11.6 Å². The molecule has 0 radical (unpaired) electrons. The van der Waals surface area contributed by atoms with Gasteiger partial charge in [0.1, 0.15) is 0 Å². The van der Waals surface area contributed by atoms with Gasteiger partial charge in [-0.15, -0.1) is 11.6 Å². The van der Waals surface area contributed by atoms with Crippen molar-refractivity contribution in [2.75, 3.05) is 0 Å². The average molecular weight is 254 g/mol. The Balaban J connectivity index is 2.25. The van der Waals surface area contributed by atoms with Gasteiger partial charge in [-0.3, -0.25) is 4.98 Å². The number of alkyl halides is 1. The largest absolute Gasteiger partial charge is 0.265 e. The maximum absolute atomic E-state index is 6.46. The third kappa shape index (κ3) is 5.54. The molecule has 0 aromatic carbocycles. The summed E-state index contributed by atoms with van der Waals surface area (Å²) >= 11 is 6.46. The maximum Gasteiger partial charge on any atom is 0.0402 e. The molecule has 1 aromatic heterocycles. The Morgan fingerprint density at radius 2 is 1.76 bits per heavy atom. The number of pyridine rings is 1. The minimum Gasteiger partial charge on any atom is -0.265 e. The van der Waals surface area contributed by atoms with E-state index in [9.17, 15) is 0 Å². The fourth-order valence-electron chi connectivity index (χ4n) is 2.07. The Morgan fingerprint density at radius 1 is 1.12 bits per heavy atom. The van der Waals surface area contributed by atoms with Crippen molar-refractivity contribution in [3.63, 3.8) is 0 Å². The third-order valence-corrected chi connectivity index (χ3v) is 3.95. The Kier molecular flexibility index (Phi) is 7.27. The fraction of sp³-hybridized carbons (Fsp3) is 0.667. The predicted octanol–water partition coefficient (Wildman–Crippen LogP) is 5.15. The molecule has 17 heavy (non-hydrogen) atoms. The molecule has 1 aromatic rings. The standard InChI is InChI=1S/C15H24ClN/c1-3-4-5-6-7-8-15(16)13(2)14-9-11-17-12-10-14/h9-13,15H,3-8H2,1-2H3. The van der Waals surface area contributed by atoms with Gasteiger partial charge in [-0.1, -0.05) is 46.0 Å². The molecule has 1 nitrogen and oxygen atoms in total. The molecule has 1 rings (SSSR count). The average Bonchev–Trinajstić information content (AvgIpc) is 2.38. The monoisotopic (exact) mass is 253 g/mol. The topological polar surface area (TPSA) is 12.9 Å². The van der Waals surface area contributed by atoms with Crippen molar-refractivity contribution in [2.24, 2.45) is 0 Å². The molecule has 0 fully saturated rings. The van der Waals surface area contributed by atoms with Crippen LogP contribution in [0.1, 0.15) is 63.9 Å². The van der Waals surface area contributed by atoms with Crippen molar-refractivity contribution in [2.45, 2.75) is 63.7 Å². The van der Waals surface area contributed by atoms with Crippen LogP contribution in [-0.2, 0) is 0 Å². The summed E-state index contributed by atoms with van der Waals surface area (Å²) in [5.74, 6) is 0.422. The Labute approximate surface area is 111 Å². The zero-order valence-electron chi connectivity index (χ0n) is 11.0. The number of hydrogen-bond donors (Lipinski definition) is 0. The van der Waals surface area contributed by atoms with Crippen molar-refractivity contribution >= 4 is 11.6 Å². The van der Waals surface area contributed by atoms with Crippen molar-refractivity contribution in [3.8, 4) is 0 Å². The first-order valence-electron chi connectivity index (χ1n) is 6.79. The Bertz CT molecular complexity index is 286. The molecule has 1 heterocycles. The molecule has 0 N–H and O–H groups in total. The molecule has 0 aliphatic heterocycles. The summed E-state index contributed by atoms with van der Waals surface area (Å²) < 4.78 is 0. The van der Waals surface area contributed by atoms with Gasteiger partial charge in [0, 0.05) is 17.8 Å². The fourth-order valence-corrected chi connectivity index (χ4v) is 2.37. The molecule has 0 saturated heterocycles. The first-order chi connectivity index (χ1) is 8.25. The summed E-state index contributed by atoms with van der Waals surface area (Å²) in [4.78, 5) is 4.04. The molecular weight excluding hydrogens is 230 g/mol. The number of hydrogen-bond acceptors (Lipinski definition) is 1. The molecule has 96 valence electrons. The summed E-state index contributed by atoms with van der Waals surface area (Å²) in [6, 6.07) is 4.13.